The van der Waals surface area contributed by atoms with E-state index in [2.05, 4.69) is 253 Å². The minimum Gasteiger partial charge on any atom is -0.309 e. The molecule has 0 amide bonds. The molecule has 0 radical (unpaired) electrons. The first-order valence-electron chi connectivity index (χ1n) is 21.0. The van der Waals surface area contributed by atoms with Gasteiger partial charge in [0.15, 0.2) is 0 Å². The van der Waals surface area contributed by atoms with Crippen LogP contribution >= 0.6 is 0 Å². The maximum absolute atomic E-state index is 2.43. The predicted octanol–water partition coefficient (Wildman–Crippen LogP) is 16.5. The highest BCUT2D eigenvalue weighted by atomic mass is 15.0. The van der Waals surface area contributed by atoms with Gasteiger partial charge in [-0.05, 0) is 126 Å². The lowest BCUT2D eigenvalue weighted by Crippen LogP contribution is -1.94. The Kier molecular flexibility index (Phi) is 9.26. The molecule has 10 aromatic carbocycles. The van der Waals surface area contributed by atoms with Crippen LogP contribution in [0.3, 0.4) is 0 Å². The first-order chi connectivity index (χ1) is 30.2. The molecule has 1 nitrogen and oxygen atoms in total. The molecule has 0 aliphatic heterocycles. The van der Waals surface area contributed by atoms with E-state index in [0.717, 1.165) is 5.69 Å². The molecule has 0 fully saturated rings. The quantitative estimate of drug-likeness (QED) is 0.145. The zero-order valence-corrected chi connectivity index (χ0v) is 33.6. The summed E-state index contributed by atoms with van der Waals surface area (Å²) in [7, 11) is 0. The van der Waals surface area contributed by atoms with Gasteiger partial charge in [-0.1, -0.05) is 200 Å². The third-order valence-corrected chi connectivity index (χ3v) is 12.0. The second-order valence-corrected chi connectivity index (χ2v) is 15.7. The van der Waals surface area contributed by atoms with E-state index in [4.69, 9.17) is 0 Å². The lowest BCUT2D eigenvalue weighted by atomic mass is 9.90. The average Bonchev–Trinajstić information content (AvgIpc) is 3.68. The van der Waals surface area contributed by atoms with Gasteiger partial charge in [0.1, 0.15) is 0 Å². The number of fused-ring (bicyclic) bond motifs is 3. The highest BCUT2D eigenvalue weighted by molar-refractivity contribution is 6.12. The largest absolute Gasteiger partial charge is 0.309 e. The van der Waals surface area contributed by atoms with Crippen molar-refractivity contribution in [1.82, 2.24) is 4.57 Å². The van der Waals surface area contributed by atoms with Crippen molar-refractivity contribution >= 4 is 21.8 Å². The van der Waals surface area contributed by atoms with E-state index < -0.39 is 0 Å². The molecule has 286 valence electrons. The van der Waals surface area contributed by atoms with Crippen LogP contribution < -0.4 is 0 Å². The van der Waals surface area contributed by atoms with Crippen molar-refractivity contribution in [2.75, 3.05) is 0 Å². The number of nitrogens with zero attached hydrogens (tertiary/aromatic N) is 1. The van der Waals surface area contributed by atoms with Crippen LogP contribution in [0, 0.1) is 0 Å². The fraction of sp³-hybridized carbons (Fsp3) is 0. The topological polar surface area (TPSA) is 4.93 Å². The summed E-state index contributed by atoms with van der Waals surface area (Å²) in [5.41, 5.74) is 20.4. The molecule has 0 atom stereocenters. The van der Waals surface area contributed by atoms with Crippen molar-refractivity contribution in [3.63, 3.8) is 0 Å². The molecule has 0 N–H and O–H groups in total. The van der Waals surface area contributed by atoms with Gasteiger partial charge in [-0.15, -0.1) is 0 Å². The Morgan fingerprint density at radius 2 is 0.508 bits per heavy atom. The third-order valence-electron chi connectivity index (χ3n) is 12.0. The lowest BCUT2D eigenvalue weighted by Gasteiger charge is -2.14. The van der Waals surface area contributed by atoms with Crippen LogP contribution in [-0.2, 0) is 0 Å². The van der Waals surface area contributed by atoms with E-state index >= 15 is 0 Å². The summed E-state index contributed by atoms with van der Waals surface area (Å²) in [6.45, 7) is 0. The van der Waals surface area contributed by atoms with Gasteiger partial charge in [-0.2, -0.15) is 0 Å². The molecule has 0 bridgehead atoms. The van der Waals surface area contributed by atoms with Gasteiger partial charge in [-0.3, -0.25) is 0 Å². The number of hydrogen-bond acceptors (Lipinski definition) is 0. The van der Waals surface area contributed by atoms with Crippen LogP contribution in [0.2, 0.25) is 0 Å². The molecule has 1 heteroatoms. The van der Waals surface area contributed by atoms with Gasteiger partial charge in [-0.25, -0.2) is 0 Å². The zero-order chi connectivity index (χ0) is 40.5. The Bertz CT molecular complexity index is 3110. The van der Waals surface area contributed by atoms with E-state index in [-0.39, 0.29) is 0 Å². The Labute approximate surface area is 357 Å². The van der Waals surface area contributed by atoms with Crippen molar-refractivity contribution in [3.05, 3.63) is 249 Å². The Balaban J connectivity index is 1.12. The van der Waals surface area contributed by atoms with Gasteiger partial charge >= 0.3 is 0 Å². The summed E-state index contributed by atoms with van der Waals surface area (Å²) < 4.78 is 2.43. The first kappa shape index (κ1) is 36.1. The van der Waals surface area contributed by atoms with Crippen molar-refractivity contribution in [3.8, 4) is 83.6 Å². The molecule has 1 heterocycles. The molecule has 1 aromatic heterocycles. The smallest absolute Gasteiger partial charge is 0.0541 e. The molecule has 11 rings (SSSR count). The highest BCUT2D eigenvalue weighted by Crippen LogP contribution is 2.43. The van der Waals surface area contributed by atoms with Crippen LogP contribution in [0.5, 0.6) is 0 Å². The molecule has 0 aliphatic rings. The predicted molar refractivity (Wildman–Crippen MR) is 259 cm³/mol. The van der Waals surface area contributed by atoms with E-state index in [0.29, 0.717) is 0 Å². The summed E-state index contributed by atoms with van der Waals surface area (Å²) in [5, 5.41) is 2.43. The number of rotatable bonds is 8. The van der Waals surface area contributed by atoms with Crippen LogP contribution in [0.4, 0.5) is 0 Å². The molecular weight excluding hydrogens is 735 g/mol. The minimum absolute atomic E-state index is 1.13. The molecule has 0 spiro atoms. The second kappa shape index (κ2) is 15.6. The van der Waals surface area contributed by atoms with Gasteiger partial charge in [0.05, 0.1) is 11.0 Å². The summed E-state index contributed by atoms with van der Waals surface area (Å²) >= 11 is 0. The van der Waals surface area contributed by atoms with Crippen LogP contribution in [0.15, 0.2) is 249 Å². The number of benzene rings is 10. The molecule has 0 unspecified atom stereocenters. The fourth-order valence-electron chi connectivity index (χ4n) is 9.00. The SMILES string of the molecule is c1ccc(-c2ccc(-n3c4ccc(-c5ccc(-c6ccccc6)cc5-c5ccccc5)cc4c4cc(-c5ccc(-c6ccccc6)cc5-c5ccccc5)ccc43)cc2)cc1. The van der Waals surface area contributed by atoms with Crippen LogP contribution in [-0.4, -0.2) is 4.57 Å². The Morgan fingerprint density at radius 1 is 0.197 bits per heavy atom. The fourth-order valence-corrected chi connectivity index (χ4v) is 9.00. The molecule has 61 heavy (non-hydrogen) atoms. The normalized spacial score (nSPS) is 11.3. The molecular formula is C60H41N. The molecule has 0 saturated heterocycles. The van der Waals surface area contributed by atoms with Crippen molar-refractivity contribution < 1.29 is 0 Å². The second-order valence-electron chi connectivity index (χ2n) is 15.7. The molecule has 0 aliphatic carbocycles. The third kappa shape index (κ3) is 6.83. The van der Waals surface area contributed by atoms with Gasteiger partial charge in [0.2, 0.25) is 0 Å². The van der Waals surface area contributed by atoms with E-state index in [9.17, 15) is 0 Å². The standard InChI is InChI=1S/C60H41N/c1-6-16-42(17-7-1)45-26-32-52(33-27-45)61-59-36-30-50(53-34-28-48(43-18-8-2-9-19-43)38-55(53)46-22-12-4-13-23-46)40-57(59)58-41-51(31-37-60(58)61)54-35-29-49(44-20-10-3-11-21-44)39-56(54)47-24-14-5-15-25-47/h1-41H. The average molecular weight is 776 g/mol. The van der Waals surface area contributed by atoms with Crippen LogP contribution in [0.1, 0.15) is 0 Å². The van der Waals surface area contributed by atoms with Crippen LogP contribution in [0.25, 0.3) is 105 Å². The maximum atomic E-state index is 2.43. The molecule has 0 saturated carbocycles. The lowest BCUT2D eigenvalue weighted by molar-refractivity contribution is 1.18. The summed E-state index contributed by atoms with van der Waals surface area (Å²) in [6, 6.07) is 90.4. The maximum Gasteiger partial charge on any atom is 0.0541 e. The number of aromatic nitrogens is 1. The Hall–Kier alpha value is -8.00. The van der Waals surface area contributed by atoms with E-state index in [1.54, 1.807) is 0 Å². The molecule has 11 aromatic rings. The van der Waals surface area contributed by atoms with Crippen molar-refractivity contribution in [2.24, 2.45) is 0 Å². The number of hydrogen-bond donors (Lipinski definition) is 0. The van der Waals surface area contributed by atoms with Gasteiger partial charge in [0.25, 0.3) is 0 Å². The summed E-state index contributed by atoms with van der Waals surface area (Å²) in [6.07, 6.45) is 0. The van der Waals surface area contributed by atoms with E-state index in [1.165, 1.54) is 99.7 Å². The summed E-state index contributed by atoms with van der Waals surface area (Å²) in [4.78, 5) is 0. The minimum atomic E-state index is 1.13. The monoisotopic (exact) mass is 775 g/mol. The highest BCUT2D eigenvalue weighted by Gasteiger charge is 2.18. The first-order valence-corrected chi connectivity index (χ1v) is 21.0. The van der Waals surface area contributed by atoms with Gasteiger partial charge < -0.3 is 4.57 Å². The Morgan fingerprint density at radius 3 is 0.902 bits per heavy atom. The summed E-state index contributed by atoms with van der Waals surface area (Å²) in [5.74, 6) is 0. The van der Waals surface area contributed by atoms with Crippen molar-refractivity contribution in [2.45, 2.75) is 0 Å². The van der Waals surface area contributed by atoms with Gasteiger partial charge in [0, 0.05) is 16.5 Å². The van der Waals surface area contributed by atoms with Crippen molar-refractivity contribution in [1.29, 1.82) is 0 Å². The van der Waals surface area contributed by atoms with E-state index in [1.807, 2.05) is 0 Å². The zero-order valence-electron chi connectivity index (χ0n) is 33.6.